The molecule has 0 heterocycles. The zero-order valence-electron chi connectivity index (χ0n) is 14.3. The molecule has 2 amide bonds. The summed E-state index contributed by atoms with van der Waals surface area (Å²) in [5.41, 5.74) is -0.858. The van der Waals surface area contributed by atoms with E-state index in [1.165, 1.54) is 7.11 Å². The number of nitrogens with one attached hydrogen (secondary N) is 2. The van der Waals surface area contributed by atoms with Crippen molar-refractivity contribution in [3.63, 3.8) is 0 Å². The first kappa shape index (κ1) is 18.8. The summed E-state index contributed by atoms with van der Waals surface area (Å²) in [6.07, 6.45) is 4.30. The summed E-state index contributed by atoms with van der Waals surface area (Å²) in [5, 5.41) is 14.7. The van der Waals surface area contributed by atoms with Gasteiger partial charge in [0.1, 0.15) is 11.3 Å². The molecule has 7 nitrogen and oxygen atoms in total. The standard InChI is InChI=1S/C18H24N2O5/c1-25-14-8-6-7-13(11-14)16(22)19-12-15(21)20-18(17(23)24)9-4-2-3-5-10-18/h6-8,11H,2-5,9-10,12H2,1H3,(H,19,22)(H,20,21)(H,23,24). The lowest BCUT2D eigenvalue weighted by molar-refractivity contribution is -0.148. The van der Waals surface area contributed by atoms with Gasteiger partial charge in [0, 0.05) is 5.56 Å². The smallest absolute Gasteiger partial charge is 0.329 e. The fourth-order valence-corrected chi connectivity index (χ4v) is 3.06. The highest BCUT2D eigenvalue weighted by molar-refractivity contribution is 5.97. The Morgan fingerprint density at radius 1 is 1.16 bits per heavy atom. The van der Waals surface area contributed by atoms with Crippen molar-refractivity contribution in [2.45, 2.75) is 44.1 Å². The molecule has 1 fully saturated rings. The number of amides is 2. The molecule has 1 aliphatic rings. The second-order valence-electron chi connectivity index (χ2n) is 6.26. The lowest BCUT2D eigenvalue weighted by Crippen LogP contribution is -2.56. The van der Waals surface area contributed by atoms with Gasteiger partial charge in [0.2, 0.25) is 5.91 Å². The van der Waals surface area contributed by atoms with Crippen LogP contribution in [0.5, 0.6) is 5.75 Å². The summed E-state index contributed by atoms with van der Waals surface area (Å²) in [7, 11) is 1.50. The van der Waals surface area contributed by atoms with Crippen molar-refractivity contribution in [2.24, 2.45) is 0 Å². The molecule has 0 radical (unpaired) electrons. The Bertz CT molecular complexity index is 636. The Kier molecular flexibility index (Phi) is 6.38. The number of aliphatic carboxylic acids is 1. The molecule has 0 unspecified atom stereocenters. The van der Waals surface area contributed by atoms with E-state index in [0.29, 0.717) is 24.2 Å². The molecule has 0 aliphatic heterocycles. The fourth-order valence-electron chi connectivity index (χ4n) is 3.06. The normalized spacial score (nSPS) is 16.4. The molecule has 0 aromatic heterocycles. The summed E-state index contributed by atoms with van der Waals surface area (Å²) >= 11 is 0. The van der Waals surface area contributed by atoms with Crippen LogP contribution in [-0.2, 0) is 9.59 Å². The van der Waals surface area contributed by atoms with Gasteiger partial charge in [-0.2, -0.15) is 0 Å². The predicted octanol–water partition coefficient (Wildman–Crippen LogP) is 1.72. The second kappa shape index (κ2) is 8.50. The molecule has 136 valence electrons. The van der Waals surface area contributed by atoms with Gasteiger partial charge in [0.05, 0.1) is 13.7 Å². The lowest BCUT2D eigenvalue weighted by atomic mass is 9.90. The number of rotatable bonds is 6. The molecular formula is C18H24N2O5. The summed E-state index contributed by atoms with van der Waals surface area (Å²) < 4.78 is 5.06. The van der Waals surface area contributed by atoms with Gasteiger partial charge in [-0.25, -0.2) is 4.79 Å². The van der Waals surface area contributed by atoms with Crippen LogP contribution in [0.1, 0.15) is 48.9 Å². The van der Waals surface area contributed by atoms with Crippen LogP contribution < -0.4 is 15.4 Å². The molecule has 0 spiro atoms. The van der Waals surface area contributed by atoms with E-state index in [4.69, 9.17) is 4.74 Å². The summed E-state index contributed by atoms with van der Waals surface area (Å²) in [4.78, 5) is 36.0. The Morgan fingerprint density at radius 2 is 1.84 bits per heavy atom. The number of carboxylic acids is 1. The molecule has 7 heteroatoms. The van der Waals surface area contributed by atoms with Crippen molar-refractivity contribution in [1.29, 1.82) is 0 Å². The largest absolute Gasteiger partial charge is 0.497 e. The second-order valence-corrected chi connectivity index (χ2v) is 6.26. The van der Waals surface area contributed by atoms with Gasteiger partial charge in [0.15, 0.2) is 0 Å². The quantitative estimate of drug-likeness (QED) is 0.679. The summed E-state index contributed by atoms with van der Waals surface area (Å²) in [6.45, 7) is -0.273. The van der Waals surface area contributed by atoms with Crippen LogP contribution >= 0.6 is 0 Å². The average Bonchev–Trinajstić information content (AvgIpc) is 2.86. The topological polar surface area (TPSA) is 105 Å². The number of carbonyl (C=O) groups is 3. The first-order valence-electron chi connectivity index (χ1n) is 8.43. The Morgan fingerprint density at radius 3 is 2.44 bits per heavy atom. The number of hydrogen-bond acceptors (Lipinski definition) is 4. The van der Waals surface area contributed by atoms with Crippen LogP contribution in [-0.4, -0.2) is 42.1 Å². The van der Waals surface area contributed by atoms with E-state index >= 15 is 0 Å². The van der Waals surface area contributed by atoms with Crippen molar-refractivity contribution in [3.8, 4) is 5.75 Å². The SMILES string of the molecule is COc1cccc(C(=O)NCC(=O)NC2(C(=O)O)CCCCCC2)c1. The number of hydrogen-bond donors (Lipinski definition) is 3. The fraction of sp³-hybridized carbons (Fsp3) is 0.500. The lowest BCUT2D eigenvalue weighted by Gasteiger charge is -2.29. The van der Waals surface area contributed by atoms with Gasteiger partial charge in [-0.1, -0.05) is 31.7 Å². The Labute approximate surface area is 146 Å². The zero-order chi connectivity index (χ0) is 18.3. The van der Waals surface area contributed by atoms with E-state index in [1.54, 1.807) is 24.3 Å². The highest BCUT2D eigenvalue weighted by Gasteiger charge is 2.39. The van der Waals surface area contributed by atoms with Gasteiger partial charge in [-0.3, -0.25) is 9.59 Å². The summed E-state index contributed by atoms with van der Waals surface area (Å²) in [6, 6.07) is 6.57. The highest BCUT2D eigenvalue weighted by atomic mass is 16.5. The van der Waals surface area contributed by atoms with E-state index in [1.807, 2.05) is 0 Å². The molecule has 1 aromatic rings. The van der Waals surface area contributed by atoms with E-state index in [-0.39, 0.29) is 6.54 Å². The van der Waals surface area contributed by atoms with Crippen molar-refractivity contribution in [2.75, 3.05) is 13.7 Å². The van der Waals surface area contributed by atoms with E-state index in [2.05, 4.69) is 10.6 Å². The maximum atomic E-state index is 12.2. The maximum absolute atomic E-state index is 12.2. The van der Waals surface area contributed by atoms with Crippen molar-refractivity contribution in [1.82, 2.24) is 10.6 Å². The molecule has 1 aromatic carbocycles. The minimum Gasteiger partial charge on any atom is -0.497 e. The van der Waals surface area contributed by atoms with Crippen molar-refractivity contribution in [3.05, 3.63) is 29.8 Å². The van der Waals surface area contributed by atoms with Crippen molar-refractivity contribution >= 4 is 17.8 Å². The molecule has 0 atom stereocenters. The first-order chi connectivity index (χ1) is 12.0. The monoisotopic (exact) mass is 348 g/mol. The average molecular weight is 348 g/mol. The van der Waals surface area contributed by atoms with Crippen LogP contribution in [0.2, 0.25) is 0 Å². The molecule has 2 rings (SSSR count). The van der Waals surface area contributed by atoms with Crippen molar-refractivity contribution < 1.29 is 24.2 Å². The Hall–Kier alpha value is -2.57. The number of ether oxygens (including phenoxy) is 1. The zero-order valence-corrected chi connectivity index (χ0v) is 14.3. The van der Waals surface area contributed by atoms with Crippen LogP contribution in [0.15, 0.2) is 24.3 Å². The van der Waals surface area contributed by atoms with Crippen LogP contribution in [0.3, 0.4) is 0 Å². The molecule has 3 N–H and O–H groups in total. The molecule has 1 saturated carbocycles. The number of benzene rings is 1. The minimum absolute atomic E-state index is 0.273. The first-order valence-corrected chi connectivity index (χ1v) is 8.43. The van der Waals surface area contributed by atoms with Crippen LogP contribution in [0.4, 0.5) is 0 Å². The molecule has 25 heavy (non-hydrogen) atoms. The number of methoxy groups -OCH3 is 1. The van der Waals surface area contributed by atoms with Gasteiger partial charge >= 0.3 is 5.97 Å². The molecular weight excluding hydrogens is 324 g/mol. The van der Waals surface area contributed by atoms with Gasteiger partial charge in [-0.15, -0.1) is 0 Å². The predicted molar refractivity (Wildman–Crippen MR) is 91.5 cm³/mol. The summed E-state index contributed by atoms with van der Waals surface area (Å²) in [5.74, 6) is -1.39. The van der Waals surface area contributed by atoms with E-state index in [0.717, 1.165) is 25.7 Å². The van der Waals surface area contributed by atoms with Crippen LogP contribution in [0, 0.1) is 0 Å². The third-order valence-corrected chi connectivity index (χ3v) is 4.49. The minimum atomic E-state index is -1.23. The van der Waals surface area contributed by atoms with Crippen LogP contribution in [0.25, 0.3) is 0 Å². The third-order valence-electron chi connectivity index (χ3n) is 4.49. The van der Waals surface area contributed by atoms with Gasteiger partial charge < -0.3 is 20.5 Å². The highest BCUT2D eigenvalue weighted by Crippen LogP contribution is 2.27. The maximum Gasteiger partial charge on any atom is 0.329 e. The molecule has 0 bridgehead atoms. The molecule has 0 saturated heterocycles. The van der Waals surface area contributed by atoms with E-state index < -0.39 is 23.3 Å². The molecule has 1 aliphatic carbocycles. The van der Waals surface area contributed by atoms with Gasteiger partial charge in [-0.05, 0) is 31.0 Å². The number of carbonyl (C=O) groups excluding carboxylic acids is 2. The third kappa shape index (κ3) is 4.95. The van der Waals surface area contributed by atoms with Gasteiger partial charge in [0.25, 0.3) is 5.91 Å². The number of carboxylic acid groups (broad SMARTS) is 1. The Balaban J connectivity index is 1.94. The van der Waals surface area contributed by atoms with E-state index in [9.17, 15) is 19.5 Å².